The molecular formula is C20H18FN5O3S. The van der Waals surface area contributed by atoms with Gasteiger partial charge in [0.2, 0.25) is 0 Å². The van der Waals surface area contributed by atoms with Crippen LogP contribution >= 0.6 is 0 Å². The largest absolute Gasteiger partial charge is 0.321 e. The summed E-state index contributed by atoms with van der Waals surface area (Å²) in [5.41, 5.74) is 0.562. The second-order valence-electron chi connectivity index (χ2n) is 6.62. The molecule has 10 heteroatoms. The molecule has 2 heterocycles. The summed E-state index contributed by atoms with van der Waals surface area (Å²) in [6.45, 7) is 0.605. The minimum Gasteiger partial charge on any atom is -0.321 e. The fraction of sp³-hybridized carbons (Fsp3) is 0.150. The summed E-state index contributed by atoms with van der Waals surface area (Å²) >= 11 is 0. The topological polar surface area (TPSA) is 105 Å². The normalized spacial score (nSPS) is 13.7. The molecule has 0 fully saturated rings. The predicted molar refractivity (Wildman–Crippen MR) is 110 cm³/mol. The van der Waals surface area contributed by atoms with Crippen LogP contribution in [0.1, 0.15) is 23.3 Å². The van der Waals surface area contributed by atoms with Gasteiger partial charge in [-0.3, -0.25) is 14.5 Å². The lowest BCUT2D eigenvalue weighted by Gasteiger charge is -2.09. The number of anilines is 1. The lowest BCUT2D eigenvalue weighted by atomic mass is 10.3. The van der Waals surface area contributed by atoms with Gasteiger partial charge in [-0.25, -0.2) is 17.5 Å². The number of carbonyl (C=O) groups is 1. The minimum absolute atomic E-state index is 0.00628. The number of benzene rings is 2. The van der Waals surface area contributed by atoms with Gasteiger partial charge in [-0.1, -0.05) is 18.2 Å². The van der Waals surface area contributed by atoms with Crippen LogP contribution in [0.5, 0.6) is 0 Å². The summed E-state index contributed by atoms with van der Waals surface area (Å²) in [7, 11) is -3.80. The standard InChI is InChI=1S/C20H18FN5O3S/c21-16-7-1-2-8-18(16)26-12-10-17(24-26)20(27)23-14-5-3-6-15(13-14)30(28,29)25-19-9-4-11-22-19/h1-3,5-8,10,12-13H,4,9,11H2,(H,22,25)(H,23,27). The fourth-order valence-corrected chi connectivity index (χ4v) is 4.12. The van der Waals surface area contributed by atoms with Gasteiger partial charge in [-0.05, 0) is 42.8 Å². The molecular weight excluding hydrogens is 409 g/mol. The summed E-state index contributed by atoms with van der Waals surface area (Å²) in [5, 5.41) is 6.71. The SMILES string of the molecule is O=C(Nc1cccc(S(=O)(=O)NC2=NCCC2)c1)c1ccn(-c2ccccc2F)n1. The first-order chi connectivity index (χ1) is 14.4. The Labute approximate surface area is 172 Å². The number of aromatic nitrogens is 2. The van der Waals surface area contributed by atoms with E-state index >= 15 is 0 Å². The van der Waals surface area contributed by atoms with Crippen molar-refractivity contribution in [2.24, 2.45) is 4.99 Å². The molecule has 4 rings (SSSR count). The summed E-state index contributed by atoms with van der Waals surface area (Å²) in [6, 6.07) is 13.4. The lowest BCUT2D eigenvalue weighted by Crippen LogP contribution is -2.29. The van der Waals surface area contributed by atoms with Crippen molar-refractivity contribution in [3.8, 4) is 5.69 Å². The molecule has 1 amide bonds. The van der Waals surface area contributed by atoms with Crippen LogP contribution in [0.3, 0.4) is 0 Å². The highest BCUT2D eigenvalue weighted by atomic mass is 32.2. The third kappa shape index (κ3) is 4.23. The van der Waals surface area contributed by atoms with Gasteiger partial charge in [0.05, 0.1) is 4.90 Å². The Hall–Kier alpha value is -3.53. The summed E-state index contributed by atoms with van der Waals surface area (Å²) in [6.07, 6.45) is 2.87. The number of amidine groups is 1. The number of aliphatic imine (C=N–C) groups is 1. The monoisotopic (exact) mass is 427 g/mol. The van der Waals surface area contributed by atoms with Crippen LogP contribution in [0.15, 0.2) is 70.7 Å². The number of hydrogen-bond acceptors (Lipinski definition) is 5. The first kappa shape index (κ1) is 19.8. The highest BCUT2D eigenvalue weighted by Gasteiger charge is 2.19. The highest BCUT2D eigenvalue weighted by Crippen LogP contribution is 2.18. The van der Waals surface area contributed by atoms with Crippen molar-refractivity contribution < 1.29 is 17.6 Å². The molecule has 0 radical (unpaired) electrons. The number of nitrogens with zero attached hydrogens (tertiary/aromatic N) is 3. The molecule has 0 saturated heterocycles. The maximum atomic E-state index is 13.9. The molecule has 3 aromatic rings. The third-order valence-corrected chi connectivity index (χ3v) is 5.83. The van der Waals surface area contributed by atoms with E-state index in [1.54, 1.807) is 24.3 Å². The van der Waals surface area contributed by atoms with Gasteiger partial charge in [-0.2, -0.15) is 5.10 Å². The van der Waals surface area contributed by atoms with Crippen molar-refractivity contribution in [3.05, 3.63) is 72.3 Å². The van der Waals surface area contributed by atoms with Crippen molar-refractivity contribution in [2.45, 2.75) is 17.7 Å². The highest BCUT2D eigenvalue weighted by molar-refractivity contribution is 7.90. The zero-order valence-corrected chi connectivity index (χ0v) is 16.6. The second-order valence-corrected chi connectivity index (χ2v) is 8.30. The van der Waals surface area contributed by atoms with Gasteiger partial charge in [0.25, 0.3) is 15.9 Å². The van der Waals surface area contributed by atoms with Crippen molar-refractivity contribution >= 4 is 27.5 Å². The van der Waals surface area contributed by atoms with E-state index in [0.29, 0.717) is 18.8 Å². The number of hydrogen-bond donors (Lipinski definition) is 2. The van der Waals surface area contributed by atoms with Gasteiger partial charge in [0, 0.05) is 24.8 Å². The molecule has 0 bridgehead atoms. The van der Waals surface area contributed by atoms with Gasteiger partial charge in [-0.15, -0.1) is 0 Å². The van der Waals surface area contributed by atoms with Crippen molar-refractivity contribution in [3.63, 3.8) is 0 Å². The molecule has 154 valence electrons. The maximum Gasteiger partial charge on any atom is 0.276 e. The van der Waals surface area contributed by atoms with Gasteiger partial charge >= 0.3 is 0 Å². The third-order valence-electron chi connectivity index (χ3n) is 4.45. The lowest BCUT2D eigenvalue weighted by molar-refractivity contribution is 0.102. The van der Waals surface area contributed by atoms with E-state index < -0.39 is 21.7 Å². The van der Waals surface area contributed by atoms with Crippen LogP contribution in [0.25, 0.3) is 5.69 Å². The van der Waals surface area contributed by atoms with Gasteiger partial charge in [0.1, 0.15) is 17.3 Å². The molecule has 0 atom stereocenters. The first-order valence-corrected chi connectivity index (χ1v) is 10.7. The Morgan fingerprint density at radius 2 is 1.93 bits per heavy atom. The van der Waals surface area contributed by atoms with E-state index in [1.165, 1.54) is 41.2 Å². The number of carbonyl (C=O) groups excluding carboxylic acids is 1. The van der Waals surface area contributed by atoms with E-state index in [4.69, 9.17) is 0 Å². The molecule has 0 aliphatic carbocycles. The molecule has 1 aliphatic rings. The van der Waals surface area contributed by atoms with Crippen molar-refractivity contribution in [2.75, 3.05) is 11.9 Å². The number of para-hydroxylation sites is 1. The molecule has 1 aliphatic heterocycles. The van der Waals surface area contributed by atoms with Crippen LogP contribution < -0.4 is 10.0 Å². The summed E-state index contributed by atoms with van der Waals surface area (Å²) in [5.74, 6) is -0.583. The zero-order chi connectivity index (χ0) is 21.1. The second kappa shape index (κ2) is 8.07. The van der Waals surface area contributed by atoms with Crippen molar-refractivity contribution in [1.29, 1.82) is 0 Å². The van der Waals surface area contributed by atoms with Crippen LogP contribution in [-0.2, 0) is 10.0 Å². The van der Waals surface area contributed by atoms with Gasteiger partial charge < -0.3 is 5.32 Å². The Balaban J connectivity index is 1.50. The molecule has 0 unspecified atom stereocenters. The summed E-state index contributed by atoms with van der Waals surface area (Å²) in [4.78, 5) is 16.6. The molecule has 0 saturated carbocycles. The first-order valence-electron chi connectivity index (χ1n) is 9.20. The quantitative estimate of drug-likeness (QED) is 0.653. The Morgan fingerprint density at radius 1 is 1.10 bits per heavy atom. The van der Waals surface area contributed by atoms with Crippen LogP contribution in [-0.4, -0.2) is 36.5 Å². The number of rotatable bonds is 5. The molecule has 30 heavy (non-hydrogen) atoms. The van der Waals surface area contributed by atoms with E-state index in [9.17, 15) is 17.6 Å². The average molecular weight is 427 g/mol. The van der Waals surface area contributed by atoms with E-state index in [-0.39, 0.29) is 22.0 Å². The van der Waals surface area contributed by atoms with Crippen molar-refractivity contribution in [1.82, 2.24) is 14.5 Å². The fourth-order valence-electron chi connectivity index (χ4n) is 2.99. The van der Waals surface area contributed by atoms with Crippen LogP contribution in [0.4, 0.5) is 10.1 Å². The number of halogens is 1. The number of nitrogens with one attached hydrogen (secondary N) is 2. The smallest absolute Gasteiger partial charge is 0.276 e. The molecule has 0 spiro atoms. The Morgan fingerprint density at radius 3 is 2.70 bits per heavy atom. The van der Waals surface area contributed by atoms with Crippen LogP contribution in [0, 0.1) is 5.82 Å². The van der Waals surface area contributed by atoms with Gasteiger partial charge in [0.15, 0.2) is 5.69 Å². The molecule has 2 N–H and O–H groups in total. The summed E-state index contributed by atoms with van der Waals surface area (Å²) < 4.78 is 42.7. The molecule has 2 aromatic carbocycles. The maximum absolute atomic E-state index is 13.9. The number of amides is 1. The van der Waals surface area contributed by atoms with Crippen LogP contribution in [0.2, 0.25) is 0 Å². The molecule has 1 aromatic heterocycles. The average Bonchev–Trinajstić information content (AvgIpc) is 3.40. The van der Waals surface area contributed by atoms with E-state index in [0.717, 1.165) is 6.42 Å². The predicted octanol–water partition coefficient (Wildman–Crippen LogP) is 2.73. The Bertz CT molecular complexity index is 1240. The minimum atomic E-state index is -3.80. The zero-order valence-electron chi connectivity index (χ0n) is 15.7. The molecule has 8 nitrogen and oxygen atoms in total. The number of sulfonamides is 1. The van der Waals surface area contributed by atoms with E-state index in [2.05, 4.69) is 20.1 Å². The van der Waals surface area contributed by atoms with E-state index in [1.807, 2.05) is 0 Å². The Kier molecular flexibility index (Phi) is 5.32.